The predicted molar refractivity (Wildman–Crippen MR) is 107 cm³/mol. The van der Waals surface area contributed by atoms with Crippen molar-refractivity contribution in [3.05, 3.63) is 69.6 Å². The first-order valence-corrected chi connectivity index (χ1v) is 9.53. The highest BCUT2D eigenvalue weighted by molar-refractivity contribution is 9.10. The number of nitrogens with one attached hydrogen (secondary N) is 1. The van der Waals surface area contributed by atoms with E-state index in [2.05, 4.69) is 31.4 Å². The first kappa shape index (κ1) is 16.8. The van der Waals surface area contributed by atoms with Crippen LogP contribution in [0, 0.1) is 6.92 Å². The number of anilines is 1. The summed E-state index contributed by atoms with van der Waals surface area (Å²) in [7, 11) is 0. The summed E-state index contributed by atoms with van der Waals surface area (Å²) >= 11 is 4.77. The van der Waals surface area contributed by atoms with Gasteiger partial charge in [-0.3, -0.25) is 10.1 Å². The lowest BCUT2D eigenvalue weighted by molar-refractivity contribution is 0.102. The van der Waals surface area contributed by atoms with Gasteiger partial charge in [0.15, 0.2) is 0 Å². The Bertz CT molecular complexity index is 1110. The second kappa shape index (κ2) is 6.93. The van der Waals surface area contributed by atoms with Crippen LogP contribution in [0.25, 0.3) is 22.2 Å². The molecule has 0 atom stereocenters. The van der Waals surface area contributed by atoms with E-state index in [0.29, 0.717) is 10.7 Å². The van der Waals surface area contributed by atoms with Crippen LogP contribution in [0.5, 0.6) is 0 Å². The topological polar surface area (TPSA) is 67.8 Å². The van der Waals surface area contributed by atoms with Gasteiger partial charge in [-0.05, 0) is 30.7 Å². The van der Waals surface area contributed by atoms with Crippen molar-refractivity contribution < 1.29 is 4.79 Å². The fourth-order valence-electron chi connectivity index (χ4n) is 2.77. The summed E-state index contributed by atoms with van der Waals surface area (Å²) in [5.41, 5.74) is 5.66. The average molecular weight is 425 g/mol. The van der Waals surface area contributed by atoms with Crippen molar-refractivity contribution in [2.45, 2.75) is 6.92 Å². The average Bonchev–Trinajstić information content (AvgIpc) is 3.14. The summed E-state index contributed by atoms with van der Waals surface area (Å²) in [6.45, 7) is 1.99. The number of hydrogen-bond acceptors (Lipinski definition) is 5. The molecule has 0 saturated heterocycles. The molecule has 0 fully saturated rings. The molecule has 1 N–H and O–H groups in total. The monoisotopic (exact) mass is 424 g/mol. The van der Waals surface area contributed by atoms with Gasteiger partial charge in [0.1, 0.15) is 5.51 Å². The van der Waals surface area contributed by atoms with Gasteiger partial charge in [0.2, 0.25) is 5.13 Å². The first-order chi connectivity index (χ1) is 12.6. The van der Waals surface area contributed by atoms with Crippen molar-refractivity contribution in [1.29, 1.82) is 0 Å². The van der Waals surface area contributed by atoms with Gasteiger partial charge in [-0.15, -0.1) is 10.2 Å². The maximum absolute atomic E-state index is 12.9. The second-order valence-corrected chi connectivity index (χ2v) is 7.48. The Balaban J connectivity index is 1.90. The zero-order chi connectivity index (χ0) is 18.1. The highest BCUT2D eigenvalue weighted by atomic mass is 79.9. The van der Waals surface area contributed by atoms with Gasteiger partial charge in [-0.2, -0.15) is 0 Å². The standard InChI is InChI=1S/C19H13BrN4OS/c1-11-4-2-7-14-15(18(25)23-19-24-21-10-26-19)9-16(22-17(11)14)12-5-3-6-13(20)8-12/h2-10H,1H3,(H,23,24,25). The summed E-state index contributed by atoms with van der Waals surface area (Å²) in [5.74, 6) is -0.226. The molecular formula is C19H13BrN4OS. The molecule has 0 saturated carbocycles. The molecule has 128 valence electrons. The number of amides is 1. The largest absolute Gasteiger partial charge is 0.296 e. The first-order valence-electron chi connectivity index (χ1n) is 7.85. The fraction of sp³-hybridized carbons (Fsp3) is 0.0526. The number of nitrogens with zero attached hydrogens (tertiary/aromatic N) is 3. The molecule has 4 aromatic rings. The Morgan fingerprint density at radius 3 is 2.77 bits per heavy atom. The lowest BCUT2D eigenvalue weighted by Gasteiger charge is -2.11. The Morgan fingerprint density at radius 2 is 2.00 bits per heavy atom. The van der Waals surface area contributed by atoms with E-state index >= 15 is 0 Å². The Kier molecular flexibility index (Phi) is 4.48. The van der Waals surface area contributed by atoms with Gasteiger partial charge in [0, 0.05) is 15.4 Å². The number of benzene rings is 2. The van der Waals surface area contributed by atoms with E-state index in [1.165, 1.54) is 11.3 Å². The zero-order valence-corrected chi connectivity index (χ0v) is 16.1. The Hall–Kier alpha value is -2.64. The molecule has 0 unspecified atom stereocenters. The molecule has 0 bridgehead atoms. The summed E-state index contributed by atoms with van der Waals surface area (Å²) in [6, 6.07) is 15.5. The van der Waals surface area contributed by atoms with E-state index < -0.39 is 0 Å². The molecule has 7 heteroatoms. The van der Waals surface area contributed by atoms with E-state index in [4.69, 9.17) is 4.98 Å². The number of pyridine rings is 1. The van der Waals surface area contributed by atoms with Crippen LogP contribution < -0.4 is 5.32 Å². The number of aryl methyl sites for hydroxylation is 1. The summed E-state index contributed by atoms with van der Waals surface area (Å²) < 4.78 is 0.960. The summed E-state index contributed by atoms with van der Waals surface area (Å²) in [6.07, 6.45) is 0. The molecular weight excluding hydrogens is 412 g/mol. The number of carbonyl (C=O) groups excluding carboxylic acids is 1. The van der Waals surface area contributed by atoms with Crippen LogP contribution in [0.3, 0.4) is 0 Å². The molecule has 4 rings (SSSR count). The minimum atomic E-state index is -0.226. The van der Waals surface area contributed by atoms with Crippen molar-refractivity contribution >= 4 is 49.2 Å². The van der Waals surface area contributed by atoms with E-state index in [9.17, 15) is 4.79 Å². The van der Waals surface area contributed by atoms with Crippen LogP contribution in [-0.4, -0.2) is 21.1 Å². The molecule has 0 spiro atoms. The fourth-order valence-corrected chi connectivity index (χ4v) is 3.61. The van der Waals surface area contributed by atoms with Gasteiger partial charge in [-0.1, -0.05) is 57.6 Å². The van der Waals surface area contributed by atoms with Gasteiger partial charge < -0.3 is 0 Å². The van der Waals surface area contributed by atoms with Crippen LogP contribution in [0.15, 0.2) is 58.5 Å². The molecule has 2 aromatic heterocycles. The van der Waals surface area contributed by atoms with Crippen LogP contribution in [0.2, 0.25) is 0 Å². The third-order valence-electron chi connectivity index (χ3n) is 3.99. The van der Waals surface area contributed by atoms with E-state index in [-0.39, 0.29) is 5.91 Å². The van der Waals surface area contributed by atoms with Crippen molar-refractivity contribution in [3.63, 3.8) is 0 Å². The van der Waals surface area contributed by atoms with Crippen LogP contribution >= 0.6 is 27.3 Å². The molecule has 0 aliphatic rings. The van der Waals surface area contributed by atoms with Gasteiger partial charge in [0.25, 0.3) is 5.91 Å². The number of carbonyl (C=O) groups is 1. The van der Waals surface area contributed by atoms with E-state index in [1.807, 2.05) is 55.5 Å². The number of para-hydroxylation sites is 1. The third kappa shape index (κ3) is 3.23. The number of rotatable bonds is 3. The van der Waals surface area contributed by atoms with Crippen molar-refractivity contribution in [1.82, 2.24) is 15.2 Å². The highest BCUT2D eigenvalue weighted by Crippen LogP contribution is 2.28. The number of aromatic nitrogens is 3. The molecule has 0 aliphatic heterocycles. The number of hydrogen-bond donors (Lipinski definition) is 1. The van der Waals surface area contributed by atoms with Crippen LogP contribution in [0.1, 0.15) is 15.9 Å². The number of halogens is 1. The molecule has 0 radical (unpaired) electrons. The quantitative estimate of drug-likeness (QED) is 0.497. The predicted octanol–water partition coefficient (Wildman–Crippen LogP) is 5.08. The molecule has 0 aliphatic carbocycles. The summed E-state index contributed by atoms with van der Waals surface area (Å²) in [5, 5.41) is 11.7. The zero-order valence-electron chi connectivity index (χ0n) is 13.7. The lowest BCUT2D eigenvalue weighted by Crippen LogP contribution is -2.13. The normalized spacial score (nSPS) is 10.8. The van der Waals surface area contributed by atoms with Crippen LogP contribution in [0.4, 0.5) is 5.13 Å². The minimum Gasteiger partial charge on any atom is -0.296 e. The van der Waals surface area contributed by atoms with Gasteiger partial charge in [-0.25, -0.2) is 4.98 Å². The SMILES string of the molecule is Cc1cccc2c(C(=O)Nc3nncs3)cc(-c3cccc(Br)c3)nc12. The molecule has 5 nitrogen and oxygen atoms in total. The molecule has 2 aromatic carbocycles. The van der Waals surface area contributed by atoms with Crippen molar-refractivity contribution in [2.24, 2.45) is 0 Å². The Labute approximate surface area is 162 Å². The maximum atomic E-state index is 12.9. The highest BCUT2D eigenvalue weighted by Gasteiger charge is 2.16. The Morgan fingerprint density at radius 1 is 1.15 bits per heavy atom. The third-order valence-corrected chi connectivity index (χ3v) is 5.09. The minimum absolute atomic E-state index is 0.226. The summed E-state index contributed by atoms with van der Waals surface area (Å²) in [4.78, 5) is 17.7. The molecule has 2 heterocycles. The van der Waals surface area contributed by atoms with Gasteiger partial charge in [0.05, 0.1) is 16.8 Å². The van der Waals surface area contributed by atoms with E-state index in [0.717, 1.165) is 32.2 Å². The second-order valence-electron chi connectivity index (χ2n) is 5.73. The van der Waals surface area contributed by atoms with Crippen molar-refractivity contribution in [3.8, 4) is 11.3 Å². The molecule has 1 amide bonds. The van der Waals surface area contributed by atoms with Crippen molar-refractivity contribution in [2.75, 3.05) is 5.32 Å². The van der Waals surface area contributed by atoms with E-state index in [1.54, 1.807) is 5.51 Å². The maximum Gasteiger partial charge on any atom is 0.258 e. The van der Waals surface area contributed by atoms with Gasteiger partial charge >= 0.3 is 0 Å². The molecule has 26 heavy (non-hydrogen) atoms. The lowest BCUT2D eigenvalue weighted by atomic mass is 10.0. The van der Waals surface area contributed by atoms with Crippen LogP contribution in [-0.2, 0) is 0 Å². The number of fused-ring (bicyclic) bond motifs is 1. The smallest absolute Gasteiger partial charge is 0.258 e.